The van der Waals surface area contributed by atoms with Crippen LogP contribution in [0.15, 0.2) is 0 Å². The Labute approximate surface area is 133 Å². The molecule has 1 aliphatic rings. The Balaban J connectivity index is 2.67. The highest BCUT2D eigenvalue weighted by molar-refractivity contribution is 7.47. The summed E-state index contributed by atoms with van der Waals surface area (Å²) in [6, 6.07) is 0. The Hall–Kier alpha value is 0.1000. The summed E-state index contributed by atoms with van der Waals surface area (Å²) in [5, 5.41) is 18.3. The summed E-state index contributed by atoms with van der Waals surface area (Å²) in [5.41, 5.74) is 0. The lowest BCUT2D eigenvalue weighted by Crippen LogP contribution is -2.34. The second-order valence-electron chi connectivity index (χ2n) is 4.95. The monoisotopic (exact) mass is 380 g/mol. The van der Waals surface area contributed by atoms with Gasteiger partial charge in [-0.25, -0.2) is 9.13 Å². The molecule has 0 saturated carbocycles. The lowest BCUT2D eigenvalue weighted by Gasteiger charge is -2.24. The van der Waals surface area contributed by atoms with Crippen molar-refractivity contribution in [2.24, 2.45) is 0 Å². The number of rotatable bonds is 10. The van der Waals surface area contributed by atoms with Gasteiger partial charge < -0.3 is 24.7 Å². The minimum absolute atomic E-state index is 0.103. The van der Waals surface area contributed by atoms with Crippen molar-refractivity contribution in [3.8, 4) is 0 Å². The van der Waals surface area contributed by atoms with E-state index >= 15 is 0 Å². The highest BCUT2D eigenvalue weighted by Crippen LogP contribution is 2.51. The van der Waals surface area contributed by atoms with E-state index in [9.17, 15) is 24.0 Å². The van der Waals surface area contributed by atoms with Gasteiger partial charge in [-0.2, -0.15) is 0 Å². The second-order valence-corrected chi connectivity index (χ2v) is 7.71. The van der Waals surface area contributed by atoms with Crippen LogP contribution in [0.1, 0.15) is 20.3 Å². The van der Waals surface area contributed by atoms with Gasteiger partial charge in [0.05, 0.1) is 19.3 Å². The molecule has 1 fully saturated rings. The maximum absolute atomic E-state index is 11.7. The van der Waals surface area contributed by atoms with Crippen LogP contribution in [-0.2, 0) is 32.0 Å². The molecule has 0 aromatic heterocycles. The summed E-state index contributed by atoms with van der Waals surface area (Å²) < 4.78 is 47.1. The van der Waals surface area contributed by atoms with Crippen LogP contribution in [0.5, 0.6) is 0 Å². The summed E-state index contributed by atoms with van der Waals surface area (Å²) in [5.74, 6) is 0. The molecule has 1 rings (SSSR count). The van der Waals surface area contributed by atoms with Crippen LogP contribution in [0.2, 0.25) is 0 Å². The average molecular weight is 380 g/mol. The molecule has 0 aromatic carbocycles. The van der Waals surface area contributed by atoms with Crippen LogP contribution < -0.4 is 0 Å². The molecule has 0 radical (unpaired) electrons. The Kier molecular flexibility index (Phi) is 8.26. The van der Waals surface area contributed by atoms with E-state index in [0.717, 1.165) is 0 Å². The van der Waals surface area contributed by atoms with Gasteiger partial charge in [0.25, 0.3) is 0 Å². The van der Waals surface area contributed by atoms with E-state index in [1.165, 1.54) is 13.8 Å². The Morgan fingerprint density at radius 3 is 2.43 bits per heavy atom. The number of phosphoric acid groups is 2. The zero-order valence-corrected chi connectivity index (χ0v) is 14.5. The van der Waals surface area contributed by atoms with E-state index in [1.54, 1.807) is 0 Å². The quantitative estimate of drug-likeness (QED) is 0.301. The van der Waals surface area contributed by atoms with E-state index in [-0.39, 0.29) is 26.2 Å². The molecule has 11 nitrogen and oxygen atoms in total. The third-order valence-corrected chi connectivity index (χ3v) is 4.65. The van der Waals surface area contributed by atoms with E-state index < -0.39 is 40.2 Å². The smallest absolute Gasteiger partial charge is 0.396 e. The van der Waals surface area contributed by atoms with Crippen molar-refractivity contribution in [1.82, 2.24) is 0 Å². The summed E-state index contributed by atoms with van der Waals surface area (Å²) in [6.45, 7) is 2.16. The molecule has 0 amide bonds. The van der Waals surface area contributed by atoms with E-state index in [0.29, 0.717) is 0 Å². The maximum atomic E-state index is 11.7. The molecule has 23 heavy (non-hydrogen) atoms. The molecular formula is C10H22O11P2. The second kappa shape index (κ2) is 8.98. The van der Waals surface area contributed by atoms with Crippen molar-refractivity contribution in [3.05, 3.63) is 0 Å². The van der Waals surface area contributed by atoms with Crippen molar-refractivity contribution in [2.45, 2.75) is 44.9 Å². The first-order valence-electron chi connectivity index (χ1n) is 6.82. The number of hydrogen-bond donors (Lipinski definition) is 4. The Bertz CT molecular complexity index is 456. The minimum atomic E-state index is -4.58. The Morgan fingerprint density at radius 1 is 1.22 bits per heavy atom. The van der Waals surface area contributed by atoms with Crippen molar-refractivity contribution in [1.29, 1.82) is 0 Å². The van der Waals surface area contributed by atoms with Crippen LogP contribution in [0.3, 0.4) is 0 Å². The summed E-state index contributed by atoms with van der Waals surface area (Å²) in [4.78, 5) is 19.0. The molecule has 0 bridgehead atoms. The Morgan fingerprint density at radius 2 is 1.87 bits per heavy atom. The van der Waals surface area contributed by atoms with Gasteiger partial charge >= 0.3 is 15.6 Å². The van der Waals surface area contributed by atoms with Gasteiger partial charge in [-0.05, 0) is 20.3 Å². The molecule has 5 atom stereocenters. The summed E-state index contributed by atoms with van der Waals surface area (Å²) in [6.07, 6.45) is -5.02. The number of aliphatic hydroxyl groups excluding tert-OH is 2. The zero-order valence-electron chi connectivity index (χ0n) is 12.7. The normalized spacial score (nSPS) is 30.3. The number of aliphatic hydroxyl groups is 2. The highest BCUT2D eigenvalue weighted by atomic mass is 31.2. The van der Waals surface area contributed by atoms with E-state index in [1.807, 2.05) is 0 Å². The predicted molar refractivity (Wildman–Crippen MR) is 75.2 cm³/mol. The molecule has 1 saturated heterocycles. The van der Waals surface area contributed by atoms with Crippen molar-refractivity contribution >= 4 is 15.6 Å². The fourth-order valence-corrected chi connectivity index (χ4v) is 3.62. The van der Waals surface area contributed by atoms with Crippen LogP contribution in [0.4, 0.5) is 0 Å². The largest absolute Gasteiger partial charge is 0.474 e. The highest BCUT2D eigenvalue weighted by Gasteiger charge is 2.46. The van der Waals surface area contributed by atoms with Crippen LogP contribution in [0.25, 0.3) is 0 Å². The maximum Gasteiger partial charge on any atom is 0.474 e. The molecule has 2 unspecified atom stereocenters. The average Bonchev–Trinajstić information content (AvgIpc) is 2.69. The van der Waals surface area contributed by atoms with Gasteiger partial charge in [-0.1, -0.05) is 0 Å². The fourth-order valence-electron chi connectivity index (χ4n) is 1.63. The number of hydrogen-bond acceptors (Lipinski definition) is 9. The molecule has 0 aromatic rings. The van der Waals surface area contributed by atoms with Gasteiger partial charge in [-0.15, -0.1) is 0 Å². The molecule has 1 heterocycles. The first kappa shape index (κ1) is 21.1. The molecular weight excluding hydrogens is 358 g/mol. The van der Waals surface area contributed by atoms with E-state index in [2.05, 4.69) is 9.05 Å². The number of ether oxygens (including phenoxy) is 1. The van der Waals surface area contributed by atoms with Crippen LogP contribution in [0, 0.1) is 0 Å². The standard InChI is InChI=1S/C10H22O11P2/c1-7(2)19-23(15,16)21-10-9(8(12)6-17-10)20-22(13,14)18-5-3-4-11/h7-12H,3-6H2,1-2H3,(H,13,14)(H,15,16)/t8-,9-,10+/m0/s1. The minimum Gasteiger partial charge on any atom is -0.396 e. The fraction of sp³-hybridized carbons (Fsp3) is 1.00. The van der Waals surface area contributed by atoms with Crippen molar-refractivity contribution in [3.63, 3.8) is 0 Å². The third kappa shape index (κ3) is 7.68. The molecule has 0 aliphatic carbocycles. The van der Waals surface area contributed by atoms with Crippen molar-refractivity contribution < 1.29 is 52.0 Å². The first-order valence-corrected chi connectivity index (χ1v) is 9.81. The molecule has 138 valence electrons. The first-order chi connectivity index (χ1) is 10.6. The van der Waals surface area contributed by atoms with Gasteiger partial charge in [0, 0.05) is 6.61 Å². The predicted octanol–water partition coefficient (Wildman–Crippen LogP) is 0.130. The third-order valence-electron chi connectivity index (χ3n) is 2.47. The zero-order chi connectivity index (χ0) is 17.7. The SMILES string of the molecule is CC(C)OP(=O)(O)O[C@H]1OC[C@H](O)[C@@H]1OP(=O)(O)OCCCO. The van der Waals surface area contributed by atoms with Crippen LogP contribution in [-0.4, -0.2) is 64.4 Å². The lowest BCUT2D eigenvalue weighted by molar-refractivity contribution is -0.108. The molecule has 4 N–H and O–H groups in total. The summed E-state index contributed by atoms with van der Waals surface area (Å²) >= 11 is 0. The molecule has 13 heteroatoms. The topological polar surface area (TPSA) is 161 Å². The molecule has 0 spiro atoms. The molecule has 1 aliphatic heterocycles. The van der Waals surface area contributed by atoms with Crippen molar-refractivity contribution in [2.75, 3.05) is 19.8 Å². The van der Waals surface area contributed by atoms with Gasteiger partial charge in [-0.3, -0.25) is 18.1 Å². The van der Waals surface area contributed by atoms with Gasteiger partial charge in [0.2, 0.25) is 0 Å². The summed E-state index contributed by atoms with van der Waals surface area (Å²) in [7, 11) is -9.10. The lowest BCUT2D eigenvalue weighted by atomic mass is 10.2. The van der Waals surface area contributed by atoms with Gasteiger partial charge in [0.15, 0.2) is 6.29 Å². The van der Waals surface area contributed by atoms with Gasteiger partial charge in [0.1, 0.15) is 12.2 Å². The number of phosphoric ester groups is 2. The van der Waals surface area contributed by atoms with E-state index in [4.69, 9.17) is 18.9 Å². The van der Waals surface area contributed by atoms with Crippen LogP contribution >= 0.6 is 15.6 Å².